The summed E-state index contributed by atoms with van der Waals surface area (Å²) >= 11 is 1.74. The van der Waals surface area contributed by atoms with E-state index in [0.29, 0.717) is 13.0 Å². The summed E-state index contributed by atoms with van der Waals surface area (Å²) in [6, 6.07) is 7.97. The number of para-hydroxylation sites is 1. The zero-order valence-electron chi connectivity index (χ0n) is 9.93. The van der Waals surface area contributed by atoms with Gasteiger partial charge in [0.05, 0.1) is 5.69 Å². The first-order valence-electron chi connectivity index (χ1n) is 5.89. The number of carbonyl (C=O) groups is 1. The maximum atomic E-state index is 11.9. The fraction of sp³-hybridized carbons (Fsp3) is 0.462. The van der Waals surface area contributed by atoms with Crippen LogP contribution in [0, 0.1) is 5.92 Å². The van der Waals surface area contributed by atoms with Crippen LogP contribution in [0.25, 0.3) is 0 Å². The van der Waals surface area contributed by atoms with Gasteiger partial charge in [-0.3, -0.25) is 4.79 Å². The molecule has 1 aliphatic rings. The molecule has 1 unspecified atom stereocenters. The highest BCUT2D eigenvalue weighted by Crippen LogP contribution is 2.33. The first kappa shape index (κ1) is 12.5. The highest BCUT2D eigenvalue weighted by molar-refractivity contribution is 7.99. The molecular weight excluding hydrogens is 234 g/mol. The van der Waals surface area contributed by atoms with E-state index < -0.39 is 0 Å². The number of rotatable bonds is 4. The lowest BCUT2D eigenvalue weighted by molar-refractivity contribution is -0.117. The third kappa shape index (κ3) is 2.64. The minimum absolute atomic E-state index is 0.0854. The van der Waals surface area contributed by atoms with Gasteiger partial charge in [-0.15, -0.1) is 11.8 Å². The van der Waals surface area contributed by atoms with Crippen molar-refractivity contribution in [2.24, 2.45) is 5.92 Å². The van der Waals surface area contributed by atoms with Crippen molar-refractivity contribution in [3.63, 3.8) is 0 Å². The van der Waals surface area contributed by atoms with Crippen LogP contribution in [0.4, 0.5) is 5.69 Å². The molecule has 1 aromatic rings. The normalized spacial score (nSPS) is 20.0. The molecule has 1 atom stereocenters. The average Bonchev–Trinajstić information content (AvgIpc) is 2.72. The molecule has 92 valence electrons. The van der Waals surface area contributed by atoms with E-state index in [0.717, 1.165) is 16.3 Å². The predicted octanol–water partition coefficient (Wildman–Crippen LogP) is 2.14. The van der Waals surface area contributed by atoms with Crippen molar-refractivity contribution >= 4 is 23.4 Å². The Balaban J connectivity index is 2.25. The van der Waals surface area contributed by atoms with Gasteiger partial charge in [-0.1, -0.05) is 19.1 Å². The highest BCUT2D eigenvalue weighted by Gasteiger charge is 2.31. The van der Waals surface area contributed by atoms with Gasteiger partial charge >= 0.3 is 0 Å². The van der Waals surface area contributed by atoms with Gasteiger partial charge in [-0.2, -0.15) is 0 Å². The molecule has 2 rings (SSSR count). The minimum atomic E-state index is 0.0854. The molecule has 1 aromatic carbocycles. The Bertz CT molecular complexity index is 408. The SMILES string of the molecule is CCSc1ccccc1N1CC(CO)CC1=O. The molecule has 4 heteroatoms. The lowest BCUT2D eigenvalue weighted by atomic mass is 10.1. The number of nitrogens with zero attached hydrogens (tertiary/aromatic N) is 1. The van der Waals surface area contributed by atoms with Gasteiger partial charge in [-0.25, -0.2) is 0 Å². The smallest absolute Gasteiger partial charge is 0.227 e. The van der Waals surface area contributed by atoms with Gasteiger partial charge in [0.25, 0.3) is 0 Å². The largest absolute Gasteiger partial charge is 0.396 e. The van der Waals surface area contributed by atoms with Crippen LogP contribution in [-0.2, 0) is 4.79 Å². The summed E-state index contributed by atoms with van der Waals surface area (Å²) in [7, 11) is 0. The van der Waals surface area contributed by atoms with E-state index in [4.69, 9.17) is 5.11 Å². The van der Waals surface area contributed by atoms with E-state index in [1.54, 1.807) is 16.7 Å². The van der Waals surface area contributed by atoms with Gasteiger partial charge in [0, 0.05) is 30.4 Å². The zero-order chi connectivity index (χ0) is 12.3. The van der Waals surface area contributed by atoms with Gasteiger partial charge in [0.1, 0.15) is 0 Å². The summed E-state index contributed by atoms with van der Waals surface area (Å²) in [5.74, 6) is 1.19. The predicted molar refractivity (Wildman–Crippen MR) is 70.4 cm³/mol. The van der Waals surface area contributed by atoms with Crippen molar-refractivity contribution in [1.82, 2.24) is 0 Å². The number of thioether (sulfide) groups is 1. The molecule has 0 spiro atoms. The van der Waals surface area contributed by atoms with Crippen LogP contribution < -0.4 is 4.90 Å². The Morgan fingerprint density at radius 1 is 1.47 bits per heavy atom. The zero-order valence-corrected chi connectivity index (χ0v) is 10.7. The molecule has 0 aromatic heterocycles. The van der Waals surface area contributed by atoms with Crippen molar-refractivity contribution in [3.05, 3.63) is 24.3 Å². The lowest BCUT2D eigenvalue weighted by Crippen LogP contribution is -2.25. The first-order chi connectivity index (χ1) is 8.26. The van der Waals surface area contributed by atoms with Crippen molar-refractivity contribution in [1.29, 1.82) is 0 Å². The second-order valence-electron chi connectivity index (χ2n) is 4.16. The molecule has 0 bridgehead atoms. The maximum Gasteiger partial charge on any atom is 0.227 e. The van der Waals surface area contributed by atoms with Crippen LogP contribution in [0.2, 0.25) is 0 Å². The number of hydrogen-bond donors (Lipinski definition) is 1. The van der Waals surface area contributed by atoms with Crippen molar-refractivity contribution in [2.45, 2.75) is 18.2 Å². The molecule has 1 saturated heterocycles. The number of amides is 1. The second kappa shape index (κ2) is 5.56. The molecule has 1 fully saturated rings. The lowest BCUT2D eigenvalue weighted by Gasteiger charge is -2.19. The molecule has 1 N–H and O–H groups in total. The monoisotopic (exact) mass is 251 g/mol. The number of aliphatic hydroxyl groups is 1. The Morgan fingerprint density at radius 2 is 2.24 bits per heavy atom. The van der Waals surface area contributed by atoms with Crippen LogP contribution in [0.1, 0.15) is 13.3 Å². The summed E-state index contributed by atoms with van der Waals surface area (Å²) in [5.41, 5.74) is 0.986. The Hall–Kier alpha value is -1.00. The Labute approximate surface area is 106 Å². The molecule has 1 amide bonds. The Morgan fingerprint density at radius 3 is 2.88 bits per heavy atom. The fourth-order valence-corrected chi connectivity index (χ4v) is 2.91. The summed E-state index contributed by atoms with van der Waals surface area (Å²) in [6.45, 7) is 2.83. The number of anilines is 1. The summed E-state index contributed by atoms with van der Waals surface area (Å²) in [6.07, 6.45) is 0.460. The number of carbonyl (C=O) groups excluding carboxylic acids is 1. The molecule has 17 heavy (non-hydrogen) atoms. The van der Waals surface area contributed by atoms with E-state index in [9.17, 15) is 4.79 Å². The molecule has 0 radical (unpaired) electrons. The van der Waals surface area contributed by atoms with Gasteiger partial charge in [0.2, 0.25) is 5.91 Å². The number of hydrogen-bond acceptors (Lipinski definition) is 3. The summed E-state index contributed by atoms with van der Waals surface area (Å²) < 4.78 is 0. The van der Waals surface area contributed by atoms with E-state index in [1.807, 2.05) is 24.3 Å². The van der Waals surface area contributed by atoms with Crippen LogP contribution >= 0.6 is 11.8 Å². The van der Waals surface area contributed by atoms with Crippen molar-refractivity contribution in [2.75, 3.05) is 23.8 Å². The third-order valence-corrected chi connectivity index (χ3v) is 3.86. The van der Waals surface area contributed by atoms with E-state index in [1.165, 1.54) is 0 Å². The maximum absolute atomic E-state index is 11.9. The molecule has 0 saturated carbocycles. The fourth-order valence-electron chi connectivity index (χ4n) is 2.09. The molecular formula is C13H17NO2S. The average molecular weight is 251 g/mol. The van der Waals surface area contributed by atoms with Crippen molar-refractivity contribution in [3.8, 4) is 0 Å². The van der Waals surface area contributed by atoms with Crippen LogP contribution in [0.15, 0.2) is 29.2 Å². The van der Waals surface area contributed by atoms with Crippen LogP contribution in [0.5, 0.6) is 0 Å². The van der Waals surface area contributed by atoms with Gasteiger partial charge in [0.15, 0.2) is 0 Å². The second-order valence-corrected chi connectivity index (χ2v) is 5.46. The van der Waals surface area contributed by atoms with E-state index >= 15 is 0 Å². The topological polar surface area (TPSA) is 40.5 Å². The molecule has 3 nitrogen and oxygen atoms in total. The molecule has 1 aliphatic heterocycles. The first-order valence-corrected chi connectivity index (χ1v) is 6.87. The van der Waals surface area contributed by atoms with Gasteiger partial charge < -0.3 is 10.0 Å². The third-order valence-electron chi connectivity index (χ3n) is 2.92. The number of benzene rings is 1. The van der Waals surface area contributed by atoms with Gasteiger partial charge in [-0.05, 0) is 17.9 Å². The summed E-state index contributed by atoms with van der Waals surface area (Å²) in [4.78, 5) is 14.9. The van der Waals surface area contributed by atoms with Crippen LogP contribution in [0.3, 0.4) is 0 Å². The minimum Gasteiger partial charge on any atom is -0.396 e. The van der Waals surface area contributed by atoms with Crippen molar-refractivity contribution < 1.29 is 9.90 Å². The van der Waals surface area contributed by atoms with E-state index in [-0.39, 0.29) is 18.4 Å². The number of aliphatic hydroxyl groups excluding tert-OH is 1. The molecule has 0 aliphatic carbocycles. The van der Waals surface area contributed by atoms with Crippen LogP contribution in [-0.4, -0.2) is 29.9 Å². The molecule has 1 heterocycles. The highest BCUT2D eigenvalue weighted by atomic mass is 32.2. The standard InChI is InChI=1S/C13H17NO2S/c1-2-17-12-6-4-3-5-11(12)14-8-10(9-15)7-13(14)16/h3-6,10,15H,2,7-9H2,1H3. The summed E-state index contributed by atoms with van der Waals surface area (Å²) in [5, 5.41) is 9.14. The van der Waals surface area contributed by atoms with E-state index in [2.05, 4.69) is 6.92 Å². The quantitative estimate of drug-likeness (QED) is 0.834. The Kier molecular flexibility index (Phi) is 4.07.